The van der Waals surface area contributed by atoms with Crippen molar-refractivity contribution in [3.63, 3.8) is 0 Å². The van der Waals surface area contributed by atoms with E-state index in [0.717, 1.165) is 24.6 Å². The zero-order chi connectivity index (χ0) is 17.8. The lowest BCUT2D eigenvalue weighted by atomic mass is 10.3. The van der Waals surface area contributed by atoms with E-state index in [1.165, 1.54) is 24.2 Å². The number of carbonyl (C=O) groups excluding carboxylic acids is 1. The maximum atomic E-state index is 12.1. The zero-order valence-corrected chi connectivity index (χ0v) is 16.1. The van der Waals surface area contributed by atoms with Crippen LogP contribution in [0.25, 0.3) is 0 Å². The van der Waals surface area contributed by atoms with Crippen molar-refractivity contribution < 1.29 is 4.79 Å². The van der Waals surface area contributed by atoms with E-state index in [1.54, 1.807) is 6.07 Å². The Labute approximate surface area is 160 Å². The van der Waals surface area contributed by atoms with Gasteiger partial charge >= 0.3 is 0 Å². The minimum absolute atomic E-state index is 0.238. The smallest absolute Gasteiger partial charge is 0.253 e. The third kappa shape index (κ3) is 4.74. The molecule has 9 heteroatoms. The Hall–Kier alpha value is -1.57. The third-order valence-corrected chi connectivity index (χ3v) is 5.35. The summed E-state index contributed by atoms with van der Waals surface area (Å²) >= 11 is 13.0. The monoisotopic (exact) mass is 399 g/mol. The Morgan fingerprint density at radius 2 is 2.00 bits per heavy atom. The van der Waals surface area contributed by atoms with E-state index in [0.29, 0.717) is 33.3 Å². The van der Waals surface area contributed by atoms with Gasteiger partial charge in [-0.1, -0.05) is 23.2 Å². The highest BCUT2D eigenvalue weighted by molar-refractivity contribution is 7.20. The minimum atomic E-state index is -0.238. The third-order valence-electron chi connectivity index (χ3n) is 3.87. The molecule has 0 saturated carbocycles. The fourth-order valence-electron chi connectivity index (χ4n) is 2.68. The van der Waals surface area contributed by atoms with Crippen LogP contribution >= 0.6 is 34.5 Å². The van der Waals surface area contributed by atoms with E-state index in [9.17, 15) is 4.79 Å². The Balaban J connectivity index is 1.52. The molecule has 134 valence electrons. The number of anilines is 2. The molecule has 1 saturated heterocycles. The molecular weight excluding hydrogens is 381 g/mol. The van der Waals surface area contributed by atoms with Crippen LogP contribution in [-0.4, -0.2) is 42.1 Å². The molecule has 2 aromatic heterocycles. The summed E-state index contributed by atoms with van der Waals surface area (Å²) in [6.45, 7) is 4.98. The summed E-state index contributed by atoms with van der Waals surface area (Å²) in [4.78, 5) is 23.3. The van der Waals surface area contributed by atoms with Gasteiger partial charge in [0.15, 0.2) is 0 Å². The quantitative estimate of drug-likeness (QED) is 0.726. The van der Waals surface area contributed by atoms with Crippen molar-refractivity contribution >= 4 is 52.2 Å². The lowest BCUT2D eigenvalue weighted by molar-refractivity contribution is 0.0956. The normalized spacial score (nSPS) is 14.0. The summed E-state index contributed by atoms with van der Waals surface area (Å²) in [5.74, 6) is 1.29. The van der Waals surface area contributed by atoms with Crippen LogP contribution in [0.5, 0.6) is 0 Å². The summed E-state index contributed by atoms with van der Waals surface area (Å²) in [6.07, 6.45) is 2.40. The Bertz CT molecular complexity index is 761. The molecule has 0 radical (unpaired) electrons. The van der Waals surface area contributed by atoms with E-state index < -0.39 is 0 Å². The summed E-state index contributed by atoms with van der Waals surface area (Å²) in [5, 5.41) is 5.96. The molecule has 0 spiro atoms. The largest absolute Gasteiger partial charge is 0.356 e. The van der Waals surface area contributed by atoms with Gasteiger partial charge in [-0.05, 0) is 25.8 Å². The second kappa shape index (κ2) is 8.21. The molecule has 3 rings (SSSR count). The van der Waals surface area contributed by atoms with Gasteiger partial charge in [-0.2, -0.15) is 4.98 Å². The van der Waals surface area contributed by atoms with Gasteiger partial charge in [0, 0.05) is 37.9 Å². The van der Waals surface area contributed by atoms with Crippen molar-refractivity contribution in [3.05, 3.63) is 32.1 Å². The lowest BCUT2D eigenvalue weighted by Crippen LogP contribution is -2.29. The second-order valence-electron chi connectivity index (χ2n) is 5.81. The predicted molar refractivity (Wildman–Crippen MR) is 103 cm³/mol. The molecule has 0 unspecified atom stereocenters. The highest BCUT2D eigenvalue weighted by atomic mass is 35.5. The first-order valence-electron chi connectivity index (χ1n) is 8.10. The highest BCUT2D eigenvalue weighted by Crippen LogP contribution is 2.30. The Kier molecular flexibility index (Phi) is 5.98. The Morgan fingerprint density at radius 3 is 2.68 bits per heavy atom. The number of nitrogens with zero attached hydrogens (tertiary/aromatic N) is 3. The molecule has 6 nitrogen and oxygen atoms in total. The van der Waals surface area contributed by atoms with Crippen LogP contribution in [0.15, 0.2) is 12.1 Å². The first kappa shape index (κ1) is 18.2. The standard InChI is InChI=1S/C16H19Cl2N5OS/c1-10-8-13(23-6-2-3-7-23)22-16(21-10)20-5-4-19-15(24)11-9-12(17)25-14(11)18/h8-9H,2-7H2,1H3,(H,19,24)(H,20,21,22). The number of rotatable bonds is 6. The van der Waals surface area contributed by atoms with Gasteiger partial charge < -0.3 is 15.5 Å². The number of carbonyl (C=O) groups is 1. The van der Waals surface area contributed by atoms with Crippen LogP contribution in [0, 0.1) is 6.92 Å². The molecule has 0 atom stereocenters. The summed E-state index contributed by atoms with van der Waals surface area (Å²) in [6, 6.07) is 3.57. The van der Waals surface area contributed by atoms with Gasteiger partial charge in [-0.25, -0.2) is 4.98 Å². The van der Waals surface area contributed by atoms with Crippen LogP contribution < -0.4 is 15.5 Å². The molecule has 2 N–H and O–H groups in total. The average molecular weight is 400 g/mol. The second-order valence-corrected chi connectivity index (χ2v) is 8.09. The first-order chi connectivity index (χ1) is 12.0. The lowest BCUT2D eigenvalue weighted by Gasteiger charge is -2.17. The molecule has 0 bridgehead atoms. The van der Waals surface area contributed by atoms with E-state index in [1.807, 2.05) is 13.0 Å². The van der Waals surface area contributed by atoms with E-state index in [-0.39, 0.29) is 5.91 Å². The summed E-state index contributed by atoms with van der Waals surface area (Å²) in [7, 11) is 0. The number of nitrogens with one attached hydrogen (secondary N) is 2. The fraction of sp³-hybridized carbons (Fsp3) is 0.438. The van der Waals surface area contributed by atoms with E-state index in [2.05, 4.69) is 25.5 Å². The van der Waals surface area contributed by atoms with Crippen molar-refractivity contribution in [1.82, 2.24) is 15.3 Å². The highest BCUT2D eigenvalue weighted by Gasteiger charge is 2.15. The number of amides is 1. The summed E-state index contributed by atoms with van der Waals surface area (Å²) in [5.41, 5.74) is 1.32. The van der Waals surface area contributed by atoms with Gasteiger partial charge in [-0.15, -0.1) is 11.3 Å². The van der Waals surface area contributed by atoms with Gasteiger partial charge in [0.25, 0.3) is 5.91 Å². The van der Waals surface area contributed by atoms with Gasteiger partial charge in [0.2, 0.25) is 5.95 Å². The summed E-state index contributed by atoms with van der Waals surface area (Å²) < 4.78 is 0.892. The molecule has 25 heavy (non-hydrogen) atoms. The molecule has 1 aliphatic heterocycles. The topological polar surface area (TPSA) is 70.2 Å². The molecule has 1 amide bonds. The average Bonchev–Trinajstić information content (AvgIpc) is 3.20. The molecule has 1 fully saturated rings. The molecular formula is C16H19Cl2N5OS. The fourth-order valence-corrected chi connectivity index (χ4v) is 4.14. The number of halogens is 2. The minimum Gasteiger partial charge on any atom is -0.356 e. The van der Waals surface area contributed by atoms with Crippen LogP contribution in [0.2, 0.25) is 8.67 Å². The van der Waals surface area contributed by atoms with Crippen molar-refractivity contribution in [2.45, 2.75) is 19.8 Å². The van der Waals surface area contributed by atoms with E-state index in [4.69, 9.17) is 23.2 Å². The van der Waals surface area contributed by atoms with Crippen molar-refractivity contribution in [3.8, 4) is 0 Å². The first-order valence-corrected chi connectivity index (χ1v) is 9.68. The number of hydrogen-bond donors (Lipinski definition) is 2. The number of aromatic nitrogens is 2. The molecule has 2 aromatic rings. The molecule has 0 aromatic carbocycles. The number of thiophene rings is 1. The van der Waals surface area contributed by atoms with Crippen molar-refractivity contribution in [2.24, 2.45) is 0 Å². The number of hydrogen-bond acceptors (Lipinski definition) is 6. The van der Waals surface area contributed by atoms with Gasteiger partial charge in [0.1, 0.15) is 10.2 Å². The molecule has 0 aliphatic carbocycles. The van der Waals surface area contributed by atoms with Crippen LogP contribution in [0.1, 0.15) is 28.9 Å². The SMILES string of the molecule is Cc1cc(N2CCCC2)nc(NCCNC(=O)c2cc(Cl)sc2Cl)n1. The van der Waals surface area contributed by atoms with Crippen LogP contribution in [-0.2, 0) is 0 Å². The predicted octanol–water partition coefficient (Wildman–Crippen LogP) is 3.60. The van der Waals surface area contributed by atoms with Crippen molar-refractivity contribution in [2.75, 3.05) is 36.4 Å². The van der Waals surface area contributed by atoms with Crippen molar-refractivity contribution in [1.29, 1.82) is 0 Å². The van der Waals surface area contributed by atoms with Crippen LogP contribution in [0.4, 0.5) is 11.8 Å². The molecule has 1 aliphatic rings. The maximum absolute atomic E-state index is 12.1. The van der Waals surface area contributed by atoms with Crippen LogP contribution in [0.3, 0.4) is 0 Å². The van der Waals surface area contributed by atoms with Gasteiger partial charge in [-0.3, -0.25) is 4.79 Å². The number of aryl methyl sites for hydroxylation is 1. The van der Waals surface area contributed by atoms with Gasteiger partial charge in [0.05, 0.1) is 9.90 Å². The zero-order valence-electron chi connectivity index (χ0n) is 13.8. The van der Waals surface area contributed by atoms with E-state index >= 15 is 0 Å². The maximum Gasteiger partial charge on any atom is 0.253 e. The Morgan fingerprint density at radius 1 is 1.24 bits per heavy atom. The molecule has 3 heterocycles.